The zero-order valence-electron chi connectivity index (χ0n) is 21.0. The van der Waals surface area contributed by atoms with Crippen LogP contribution in [0.2, 0.25) is 0 Å². The highest BCUT2D eigenvalue weighted by Crippen LogP contribution is 2.28. The SMILES string of the molecule is CCOC(=O)c1cnn(-c2cc(C)c3ccccc3n2)c1Nc1cc(N2CCN(C)CC2)nc(C)n1. The van der Waals surface area contributed by atoms with Gasteiger partial charge in [0.25, 0.3) is 0 Å². The van der Waals surface area contributed by atoms with Gasteiger partial charge in [-0.05, 0) is 45.5 Å². The molecule has 0 unspecified atom stereocenters. The summed E-state index contributed by atoms with van der Waals surface area (Å²) in [7, 11) is 2.12. The highest BCUT2D eigenvalue weighted by Gasteiger charge is 2.23. The molecule has 10 nitrogen and oxygen atoms in total. The zero-order chi connectivity index (χ0) is 25.2. The number of nitrogens with one attached hydrogen (secondary N) is 1. The third-order valence-electron chi connectivity index (χ3n) is 6.29. The number of para-hydroxylation sites is 1. The molecule has 0 aliphatic carbocycles. The van der Waals surface area contributed by atoms with Crippen molar-refractivity contribution in [2.75, 3.05) is 50.1 Å². The van der Waals surface area contributed by atoms with Gasteiger partial charge in [0.15, 0.2) is 11.6 Å². The predicted octanol–water partition coefficient (Wildman–Crippen LogP) is 3.50. The number of piperazine rings is 1. The average molecular weight is 487 g/mol. The normalized spacial score (nSPS) is 14.3. The number of carbonyl (C=O) groups is 1. The van der Waals surface area contributed by atoms with Crippen molar-refractivity contribution in [3.8, 4) is 5.82 Å². The van der Waals surface area contributed by atoms with E-state index >= 15 is 0 Å². The van der Waals surface area contributed by atoms with Gasteiger partial charge < -0.3 is 19.9 Å². The van der Waals surface area contributed by atoms with E-state index in [4.69, 9.17) is 9.72 Å². The van der Waals surface area contributed by atoms with Crippen molar-refractivity contribution in [2.24, 2.45) is 0 Å². The number of pyridine rings is 1. The molecule has 1 saturated heterocycles. The molecule has 1 N–H and O–H groups in total. The molecule has 5 rings (SSSR count). The molecular weight excluding hydrogens is 456 g/mol. The lowest BCUT2D eigenvalue weighted by Crippen LogP contribution is -2.44. The van der Waals surface area contributed by atoms with Gasteiger partial charge in [0.05, 0.1) is 18.3 Å². The fourth-order valence-corrected chi connectivity index (χ4v) is 4.38. The van der Waals surface area contributed by atoms with Crippen LogP contribution in [0.25, 0.3) is 16.7 Å². The Morgan fingerprint density at radius 2 is 1.81 bits per heavy atom. The molecule has 186 valence electrons. The summed E-state index contributed by atoms with van der Waals surface area (Å²) < 4.78 is 6.93. The maximum absolute atomic E-state index is 12.8. The van der Waals surface area contributed by atoms with Crippen LogP contribution in [0, 0.1) is 13.8 Å². The van der Waals surface area contributed by atoms with Crippen molar-refractivity contribution in [2.45, 2.75) is 20.8 Å². The van der Waals surface area contributed by atoms with Crippen molar-refractivity contribution in [1.82, 2.24) is 29.6 Å². The van der Waals surface area contributed by atoms with Gasteiger partial charge in [-0.2, -0.15) is 9.78 Å². The lowest BCUT2D eigenvalue weighted by Gasteiger charge is -2.33. The number of aromatic nitrogens is 5. The Hall–Kier alpha value is -4.05. The average Bonchev–Trinajstić information content (AvgIpc) is 3.28. The number of aryl methyl sites for hydroxylation is 2. The Kier molecular flexibility index (Phi) is 6.51. The number of nitrogens with zero attached hydrogens (tertiary/aromatic N) is 7. The monoisotopic (exact) mass is 486 g/mol. The minimum Gasteiger partial charge on any atom is -0.462 e. The summed E-state index contributed by atoms with van der Waals surface area (Å²) in [6.45, 7) is 9.65. The summed E-state index contributed by atoms with van der Waals surface area (Å²) in [6.07, 6.45) is 1.50. The molecule has 10 heteroatoms. The minimum atomic E-state index is -0.464. The standard InChI is InChI=1S/C26H30N8O2/c1-5-36-26(35)20-16-27-34(24-14-17(2)19-8-6-7-9-21(19)30-24)25(20)31-22-15-23(29-18(3)28-22)33-12-10-32(4)11-13-33/h6-9,14-16H,5,10-13H2,1-4H3,(H,28,29,31). The molecule has 1 aliphatic heterocycles. The fraction of sp³-hybridized carbons (Fsp3) is 0.346. The van der Waals surface area contributed by atoms with Crippen LogP contribution in [0.3, 0.4) is 0 Å². The number of likely N-dealkylation sites (N-methyl/N-ethyl adjacent to an activating group) is 1. The van der Waals surface area contributed by atoms with E-state index in [0.29, 0.717) is 28.8 Å². The van der Waals surface area contributed by atoms with Crippen LogP contribution in [0.1, 0.15) is 28.7 Å². The van der Waals surface area contributed by atoms with Gasteiger partial charge in [-0.1, -0.05) is 18.2 Å². The van der Waals surface area contributed by atoms with Gasteiger partial charge in [-0.3, -0.25) is 0 Å². The van der Waals surface area contributed by atoms with E-state index in [0.717, 1.165) is 48.5 Å². The van der Waals surface area contributed by atoms with Crippen molar-refractivity contribution >= 4 is 34.3 Å². The number of esters is 1. The summed E-state index contributed by atoms with van der Waals surface area (Å²) >= 11 is 0. The van der Waals surface area contributed by atoms with Crippen LogP contribution in [0.4, 0.5) is 17.5 Å². The van der Waals surface area contributed by atoms with E-state index in [-0.39, 0.29) is 6.61 Å². The number of anilines is 3. The number of benzene rings is 1. The molecule has 4 aromatic rings. The van der Waals surface area contributed by atoms with E-state index in [1.165, 1.54) is 6.20 Å². The van der Waals surface area contributed by atoms with Gasteiger partial charge in [-0.25, -0.2) is 19.7 Å². The molecule has 3 aromatic heterocycles. The summed E-state index contributed by atoms with van der Waals surface area (Å²) in [4.78, 5) is 31.4. The van der Waals surface area contributed by atoms with E-state index in [9.17, 15) is 4.79 Å². The molecule has 36 heavy (non-hydrogen) atoms. The Morgan fingerprint density at radius 1 is 1.03 bits per heavy atom. The van der Waals surface area contributed by atoms with Crippen molar-refractivity contribution in [3.05, 3.63) is 59.5 Å². The van der Waals surface area contributed by atoms with Gasteiger partial charge in [0.2, 0.25) is 0 Å². The summed E-state index contributed by atoms with van der Waals surface area (Å²) in [6, 6.07) is 11.8. The number of fused-ring (bicyclic) bond motifs is 1. The molecule has 4 heterocycles. The second-order valence-corrected chi connectivity index (χ2v) is 8.93. The van der Waals surface area contributed by atoms with E-state index < -0.39 is 5.97 Å². The molecule has 1 fully saturated rings. The number of rotatable bonds is 6. The largest absolute Gasteiger partial charge is 0.462 e. The van der Waals surface area contributed by atoms with Crippen molar-refractivity contribution < 1.29 is 9.53 Å². The van der Waals surface area contributed by atoms with Crippen LogP contribution in [0.15, 0.2) is 42.6 Å². The summed E-state index contributed by atoms with van der Waals surface area (Å²) in [5, 5.41) is 8.90. The van der Waals surface area contributed by atoms with Crippen LogP contribution in [0.5, 0.6) is 0 Å². The smallest absolute Gasteiger partial charge is 0.343 e. The predicted molar refractivity (Wildman–Crippen MR) is 139 cm³/mol. The molecule has 0 spiro atoms. The number of hydrogen-bond donors (Lipinski definition) is 1. The maximum Gasteiger partial charge on any atom is 0.343 e. The molecule has 0 bridgehead atoms. The van der Waals surface area contributed by atoms with E-state index in [2.05, 4.69) is 37.2 Å². The van der Waals surface area contributed by atoms with Crippen LogP contribution >= 0.6 is 0 Å². The molecule has 0 radical (unpaired) electrons. The third-order valence-corrected chi connectivity index (χ3v) is 6.29. The Bertz CT molecular complexity index is 1410. The Balaban J connectivity index is 1.56. The minimum absolute atomic E-state index is 0.261. The molecule has 0 atom stereocenters. The number of ether oxygens (including phenoxy) is 1. The van der Waals surface area contributed by atoms with Gasteiger partial charge in [0, 0.05) is 37.6 Å². The van der Waals surface area contributed by atoms with Crippen LogP contribution in [-0.2, 0) is 4.74 Å². The van der Waals surface area contributed by atoms with Gasteiger partial charge in [0.1, 0.15) is 23.0 Å². The van der Waals surface area contributed by atoms with Crippen molar-refractivity contribution in [3.63, 3.8) is 0 Å². The Labute approximate surface area is 209 Å². The third kappa shape index (κ3) is 4.72. The summed E-state index contributed by atoms with van der Waals surface area (Å²) in [5.41, 5.74) is 2.22. The second kappa shape index (κ2) is 9.90. The first kappa shape index (κ1) is 23.7. The lowest BCUT2D eigenvalue weighted by atomic mass is 10.1. The molecular formula is C26H30N8O2. The molecule has 1 aliphatic rings. The first-order valence-electron chi connectivity index (χ1n) is 12.1. The lowest BCUT2D eigenvalue weighted by molar-refractivity contribution is 0.0527. The first-order valence-corrected chi connectivity index (χ1v) is 12.1. The fourth-order valence-electron chi connectivity index (χ4n) is 4.38. The molecule has 1 aromatic carbocycles. The van der Waals surface area contributed by atoms with Crippen LogP contribution in [-0.4, -0.2) is 75.4 Å². The van der Waals surface area contributed by atoms with Gasteiger partial charge in [-0.15, -0.1) is 0 Å². The zero-order valence-corrected chi connectivity index (χ0v) is 21.0. The Morgan fingerprint density at radius 3 is 2.58 bits per heavy atom. The maximum atomic E-state index is 12.8. The first-order chi connectivity index (χ1) is 17.4. The molecule has 0 saturated carbocycles. The highest BCUT2D eigenvalue weighted by molar-refractivity contribution is 5.95. The quantitative estimate of drug-likeness (QED) is 0.410. The summed E-state index contributed by atoms with van der Waals surface area (Å²) in [5.74, 6) is 2.63. The number of hydrogen-bond acceptors (Lipinski definition) is 9. The van der Waals surface area contributed by atoms with Crippen LogP contribution < -0.4 is 10.2 Å². The second-order valence-electron chi connectivity index (χ2n) is 8.93. The van der Waals surface area contributed by atoms with Crippen molar-refractivity contribution in [1.29, 1.82) is 0 Å². The molecule has 0 amide bonds. The number of carbonyl (C=O) groups excluding carboxylic acids is 1. The topological polar surface area (TPSA) is 101 Å². The highest BCUT2D eigenvalue weighted by atomic mass is 16.5. The van der Waals surface area contributed by atoms with E-state index in [1.807, 2.05) is 50.2 Å². The van der Waals surface area contributed by atoms with Gasteiger partial charge >= 0.3 is 5.97 Å². The van der Waals surface area contributed by atoms with E-state index in [1.54, 1.807) is 11.6 Å².